The van der Waals surface area contributed by atoms with Crippen LogP contribution in [-0.2, 0) is 0 Å². The van der Waals surface area contributed by atoms with E-state index in [4.69, 9.17) is 20.4 Å². The Kier molecular flexibility index (Phi) is 3.87. The summed E-state index contributed by atoms with van der Waals surface area (Å²) < 4.78 is 10.7. The van der Waals surface area contributed by atoms with Gasteiger partial charge in [-0.05, 0) is 29.8 Å². The average Bonchev–Trinajstić information content (AvgIpc) is 3.09. The lowest BCUT2D eigenvalue weighted by molar-refractivity contribution is 0.546. The van der Waals surface area contributed by atoms with Crippen LogP contribution in [0.25, 0.3) is 22.4 Å². The Morgan fingerprint density at radius 3 is 2.64 bits per heavy atom. The van der Waals surface area contributed by atoms with Crippen LogP contribution in [0.3, 0.4) is 0 Å². The summed E-state index contributed by atoms with van der Waals surface area (Å²) in [6.45, 7) is 0. The van der Waals surface area contributed by atoms with E-state index in [0.717, 1.165) is 10.9 Å². The Balaban J connectivity index is 1.66. The molecule has 0 unspecified atom stereocenters. The molecule has 25 heavy (non-hydrogen) atoms. The maximum absolute atomic E-state index is 12.1. The lowest BCUT2D eigenvalue weighted by Crippen LogP contribution is -2.02. The molecule has 0 saturated carbocycles. The fourth-order valence-corrected chi connectivity index (χ4v) is 2.39. The number of fused-ring (bicyclic) bond motifs is 1. The largest absolute Gasteiger partial charge is 0.422 e. The summed E-state index contributed by atoms with van der Waals surface area (Å²) >= 11 is 5.83. The second-order valence-corrected chi connectivity index (χ2v) is 5.62. The number of para-hydroxylation sites is 1. The molecule has 7 heteroatoms. The molecular weight excluding hydrogens is 342 g/mol. The minimum atomic E-state index is -0.546. The molecule has 0 saturated heterocycles. The van der Waals surface area contributed by atoms with Gasteiger partial charge in [-0.2, -0.15) is 0 Å². The van der Waals surface area contributed by atoms with Gasteiger partial charge in [0.2, 0.25) is 0 Å². The second kappa shape index (κ2) is 6.33. The number of rotatable bonds is 3. The molecule has 0 bridgehead atoms. The lowest BCUT2D eigenvalue weighted by Gasteiger charge is -1.97. The third-order valence-electron chi connectivity index (χ3n) is 3.48. The minimum Gasteiger partial charge on any atom is -0.422 e. The van der Waals surface area contributed by atoms with E-state index in [0.29, 0.717) is 10.6 Å². The van der Waals surface area contributed by atoms with Crippen molar-refractivity contribution < 1.29 is 8.83 Å². The Morgan fingerprint density at radius 1 is 1.00 bits per heavy atom. The van der Waals surface area contributed by atoms with E-state index in [2.05, 4.69) is 15.2 Å². The average molecular weight is 352 g/mol. The van der Waals surface area contributed by atoms with Crippen molar-refractivity contribution in [1.82, 2.24) is 10.2 Å². The maximum atomic E-state index is 12.1. The van der Waals surface area contributed by atoms with Crippen molar-refractivity contribution in [3.63, 3.8) is 0 Å². The van der Waals surface area contributed by atoms with E-state index >= 15 is 0 Å². The van der Waals surface area contributed by atoms with Gasteiger partial charge in [0, 0.05) is 16.6 Å². The molecule has 0 atom stereocenters. The number of benzene rings is 2. The van der Waals surface area contributed by atoms with Crippen LogP contribution in [0.5, 0.6) is 0 Å². The van der Waals surface area contributed by atoms with Gasteiger partial charge >= 0.3 is 11.6 Å². The summed E-state index contributed by atoms with van der Waals surface area (Å²) in [4.78, 5) is 16.2. The summed E-state index contributed by atoms with van der Waals surface area (Å²) in [5.74, 6) is 0.0581. The van der Waals surface area contributed by atoms with Gasteiger partial charge in [-0.15, -0.1) is 5.10 Å². The first-order chi connectivity index (χ1) is 12.2. The number of halogens is 1. The van der Waals surface area contributed by atoms with Gasteiger partial charge in [0.1, 0.15) is 11.1 Å². The Labute approximate surface area is 146 Å². The highest BCUT2D eigenvalue weighted by atomic mass is 35.5. The van der Waals surface area contributed by atoms with E-state index in [1.54, 1.807) is 48.7 Å². The zero-order valence-corrected chi connectivity index (χ0v) is 13.5. The van der Waals surface area contributed by atoms with E-state index in [1.807, 2.05) is 12.1 Å². The zero-order chi connectivity index (χ0) is 17.2. The predicted octanol–water partition coefficient (Wildman–Crippen LogP) is 4.25. The molecule has 0 spiro atoms. The summed E-state index contributed by atoms with van der Waals surface area (Å²) in [6.07, 6.45) is 1.57. The van der Waals surface area contributed by atoms with Crippen LogP contribution in [0.2, 0.25) is 5.02 Å². The third-order valence-corrected chi connectivity index (χ3v) is 3.73. The number of hydrogen-bond donors (Lipinski definition) is 0. The van der Waals surface area contributed by atoms with Crippen molar-refractivity contribution in [3.8, 4) is 11.5 Å². The van der Waals surface area contributed by atoms with E-state index in [-0.39, 0.29) is 17.5 Å². The van der Waals surface area contributed by atoms with Crippen molar-refractivity contribution in [1.29, 1.82) is 0 Å². The summed E-state index contributed by atoms with van der Waals surface area (Å²) in [5, 5.41) is 9.10. The standard InChI is InChI=1S/C18H10ClN3O3/c19-13-7-5-11(6-8-13)10-20-18-22-21-16(25-18)14-9-12-3-1-2-4-15(12)24-17(14)23/h1-10H. The molecule has 122 valence electrons. The molecule has 0 aliphatic rings. The highest BCUT2D eigenvalue weighted by molar-refractivity contribution is 6.30. The van der Waals surface area contributed by atoms with Crippen LogP contribution >= 0.6 is 11.6 Å². The number of nitrogens with zero attached hydrogens (tertiary/aromatic N) is 3. The number of hydrogen-bond acceptors (Lipinski definition) is 6. The van der Waals surface area contributed by atoms with Gasteiger partial charge in [0.05, 0.1) is 0 Å². The smallest absolute Gasteiger partial charge is 0.349 e. The van der Waals surface area contributed by atoms with Gasteiger partial charge in [-0.25, -0.2) is 9.79 Å². The monoisotopic (exact) mass is 351 g/mol. The van der Waals surface area contributed by atoms with Crippen LogP contribution in [0.1, 0.15) is 5.56 Å². The van der Waals surface area contributed by atoms with Gasteiger partial charge in [-0.1, -0.05) is 47.0 Å². The molecule has 0 aliphatic heterocycles. The third kappa shape index (κ3) is 3.20. The first kappa shape index (κ1) is 15.3. The molecule has 2 heterocycles. The molecule has 4 rings (SSSR count). The molecule has 0 fully saturated rings. The van der Waals surface area contributed by atoms with Gasteiger partial charge in [0.15, 0.2) is 0 Å². The number of aliphatic imine (C=N–C) groups is 1. The van der Waals surface area contributed by atoms with E-state index < -0.39 is 5.63 Å². The maximum Gasteiger partial charge on any atom is 0.349 e. The van der Waals surface area contributed by atoms with Crippen LogP contribution in [0, 0.1) is 0 Å². The van der Waals surface area contributed by atoms with Crippen molar-refractivity contribution in [2.45, 2.75) is 0 Å². The van der Waals surface area contributed by atoms with Crippen LogP contribution in [-0.4, -0.2) is 16.4 Å². The molecule has 0 radical (unpaired) electrons. The van der Waals surface area contributed by atoms with Crippen LogP contribution < -0.4 is 5.63 Å². The summed E-state index contributed by atoms with van der Waals surface area (Å²) in [5.41, 5.74) is 0.973. The van der Waals surface area contributed by atoms with Crippen molar-refractivity contribution in [2.24, 2.45) is 4.99 Å². The summed E-state index contributed by atoms with van der Waals surface area (Å²) in [7, 11) is 0. The van der Waals surface area contributed by atoms with Crippen LogP contribution in [0.15, 0.2) is 73.2 Å². The molecule has 4 aromatic rings. The SMILES string of the molecule is O=c1oc2ccccc2cc1-c1nnc(N=Cc2ccc(Cl)cc2)o1. The Bertz CT molecular complexity index is 1130. The molecule has 6 nitrogen and oxygen atoms in total. The highest BCUT2D eigenvalue weighted by Gasteiger charge is 2.14. The fourth-order valence-electron chi connectivity index (χ4n) is 2.27. The molecule has 2 aromatic heterocycles. The topological polar surface area (TPSA) is 81.5 Å². The first-order valence-electron chi connectivity index (χ1n) is 7.35. The van der Waals surface area contributed by atoms with Crippen molar-refractivity contribution >= 4 is 34.8 Å². The van der Waals surface area contributed by atoms with Crippen LogP contribution in [0.4, 0.5) is 6.01 Å². The Morgan fingerprint density at radius 2 is 1.80 bits per heavy atom. The molecular formula is C18H10ClN3O3. The fraction of sp³-hybridized carbons (Fsp3) is 0. The van der Waals surface area contributed by atoms with Crippen molar-refractivity contribution in [3.05, 3.63) is 75.6 Å². The molecule has 2 aromatic carbocycles. The molecule has 0 amide bonds. The normalized spacial score (nSPS) is 11.4. The first-order valence-corrected chi connectivity index (χ1v) is 7.73. The number of aromatic nitrogens is 2. The zero-order valence-electron chi connectivity index (χ0n) is 12.7. The van der Waals surface area contributed by atoms with Gasteiger partial charge in [-0.3, -0.25) is 0 Å². The lowest BCUT2D eigenvalue weighted by atomic mass is 10.2. The molecule has 0 N–H and O–H groups in total. The summed E-state index contributed by atoms with van der Waals surface area (Å²) in [6, 6.07) is 16.0. The minimum absolute atomic E-state index is 0.0394. The van der Waals surface area contributed by atoms with E-state index in [1.165, 1.54) is 0 Å². The quantitative estimate of drug-likeness (QED) is 0.407. The molecule has 0 aliphatic carbocycles. The predicted molar refractivity (Wildman–Crippen MR) is 94.5 cm³/mol. The van der Waals surface area contributed by atoms with Gasteiger partial charge in [0.25, 0.3) is 5.89 Å². The van der Waals surface area contributed by atoms with Crippen molar-refractivity contribution in [2.75, 3.05) is 0 Å². The van der Waals surface area contributed by atoms with Gasteiger partial charge < -0.3 is 8.83 Å². The second-order valence-electron chi connectivity index (χ2n) is 5.18. The van der Waals surface area contributed by atoms with E-state index in [9.17, 15) is 4.79 Å². The highest BCUT2D eigenvalue weighted by Crippen LogP contribution is 2.22. The Hall–Kier alpha value is -3.25.